The van der Waals surface area contributed by atoms with E-state index in [2.05, 4.69) is 99.4 Å². The molecule has 0 aromatic heterocycles. The number of hydrogen-bond donors (Lipinski definition) is 2. The third-order valence-electron chi connectivity index (χ3n) is 8.24. The normalized spacial score (nSPS) is 25.4. The van der Waals surface area contributed by atoms with E-state index in [9.17, 15) is 10.2 Å². The maximum absolute atomic E-state index is 9.83. The highest BCUT2D eigenvalue weighted by Crippen LogP contribution is 2.44. The molecule has 0 bridgehead atoms. The molecule has 0 aliphatic heterocycles. The number of aliphatic hydroxyl groups excluding tert-OH is 2. The Morgan fingerprint density at radius 1 is 0.605 bits per heavy atom. The van der Waals surface area contributed by atoms with Gasteiger partial charge in [-0.2, -0.15) is 0 Å². The largest absolute Gasteiger partial charge is 0.489 e. The molecule has 0 radical (unpaired) electrons. The number of halogens is 2. The maximum atomic E-state index is 9.83. The van der Waals surface area contributed by atoms with Gasteiger partial charge in [-0.25, -0.2) is 0 Å². The minimum atomic E-state index is -0.409. The number of aliphatic hydroxyl groups is 2. The highest BCUT2D eigenvalue weighted by atomic mass is 79.9. The monoisotopic (exact) mass is 642 g/mol. The number of ether oxygens (including phenoxy) is 2. The molecule has 2 aliphatic carbocycles. The van der Waals surface area contributed by atoms with Crippen molar-refractivity contribution in [2.75, 3.05) is 0 Å². The van der Waals surface area contributed by atoms with Gasteiger partial charge in [-0.05, 0) is 131 Å². The Morgan fingerprint density at radius 2 is 1.03 bits per heavy atom. The fourth-order valence-corrected chi connectivity index (χ4v) is 6.72. The van der Waals surface area contributed by atoms with Crippen molar-refractivity contribution in [3.05, 3.63) is 92.4 Å². The van der Waals surface area contributed by atoms with Crippen LogP contribution in [0.5, 0.6) is 11.5 Å². The van der Waals surface area contributed by atoms with Crippen LogP contribution in [-0.2, 0) is 5.41 Å². The summed E-state index contributed by atoms with van der Waals surface area (Å²) in [6, 6.07) is 23.4. The van der Waals surface area contributed by atoms with Crippen LogP contribution in [0.25, 0.3) is 0 Å². The molecule has 0 saturated heterocycles. The molecule has 202 valence electrons. The second-order valence-corrected chi connectivity index (χ2v) is 12.6. The third-order valence-corrected chi connectivity index (χ3v) is 9.48. The fraction of sp³-hybridized carbons (Fsp3) is 0.438. The minimum Gasteiger partial charge on any atom is -0.489 e. The summed E-state index contributed by atoms with van der Waals surface area (Å²) in [7, 11) is 0. The highest BCUT2D eigenvalue weighted by molar-refractivity contribution is 9.10. The molecule has 4 nitrogen and oxygen atoms in total. The first kappa shape index (κ1) is 27.7. The molecular formula is C32H36Br2O4. The van der Waals surface area contributed by atoms with Crippen LogP contribution in [-0.4, -0.2) is 34.6 Å². The first-order valence-electron chi connectivity index (χ1n) is 13.7. The molecule has 0 spiro atoms. The summed E-state index contributed by atoms with van der Waals surface area (Å²) in [6.45, 7) is 2.26. The van der Waals surface area contributed by atoms with Gasteiger partial charge in [0, 0.05) is 5.41 Å². The van der Waals surface area contributed by atoms with E-state index in [1.807, 2.05) is 6.07 Å². The zero-order valence-corrected chi connectivity index (χ0v) is 25.0. The van der Waals surface area contributed by atoms with Crippen LogP contribution < -0.4 is 9.47 Å². The zero-order valence-electron chi connectivity index (χ0n) is 21.8. The molecule has 38 heavy (non-hydrogen) atoms. The Hall–Kier alpha value is -1.86. The summed E-state index contributed by atoms with van der Waals surface area (Å²) < 4.78 is 14.5. The molecule has 5 rings (SSSR count). The minimum absolute atomic E-state index is 0.136. The van der Waals surface area contributed by atoms with Crippen LogP contribution >= 0.6 is 31.9 Å². The lowest BCUT2D eigenvalue weighted by molar-refractivity contribution is 0.0662. The van der Waals surface area contributed by atoms with Gasteiger partial charge < -0.3 is 19.7 Å². The summed E-state index contributed by atoms with van der Waals surface area (Å²) in [6.07, 6.45) is 6.57. The molecule has 3 aromatic carbocycles. The molecule has 6 heteroatoms. The van der Waals surface area contributed by atoms with Gasteiger partial charge in [0.05, 0.1) is 33.4 Å². The van der Waals surface area contributed by atoms with Crippen LogP contribution in [0.3, 0.4) is 0 Å². The van der Waals surface area contributed by atoms with Gasteiger partial charge in [-0.3, -0.25) is 0 Å². The van der Waals surface area contributed by atoms with Gasteiger partial charge in [0.2, 0.25) is 0 Å². The summed E-state index contributed by atoms with van der Waals surface area (Å²) >= 11 is 7.57. The molecule has 0 heterocycles. The summed E-state index contributed by atoms with van der Waals surface area (Å²) in [4.78, 5) is 0. The van der Waals surface area contributed by atoms with E-state index in [1.54, 1.807) is 0 Å². The van der Waals surface area contributed by atoms with Crippen molar-refractivity contribution >= 4 is 31.9 Å². The Morgan fingerprint density at radius 3 is 1.42 bits per heavy atom. The zero-order chi connectivity index (χ0) is 26.7. The Kier molecular flexibility index (Phi) is 8.83. The van der Waals surface area contributed by atoms with E-state index in [0.717, 1.165) is 82.9 Å². The third kappa shape index (κ3) is 6.14. The van der Waals surface area contributed by atoms with Crippen molar-refractivity contribution in [1.29, 1.82) is 0 Å². The Labute approximate surface area is 242 Å². The first-order chi connectivity index (χ1) is 18.3. The molecule has 2 N–H and O–H groups in total. The second-order valence-electron chi connectivity index (χ2n) is 10.9. The molecule has 2 aliphatic rings. The topological polar surface area (TPSA) is 58.9 Å². The average Bonchev–Trinajstić information content (AvgIpc) is 2.93. The van der Waals surface area contributed by atoms with Crippen molar-refractivity contribution in [3.8, 4) is 11.5 Å². The highest BCUT2D eigenvalue weighted by Gasteiger charge is 2.33. The SMILES string of the molecule is CC(c1ccccc1)(c1ccc(OC2CCC(O)CC2)c(Br)c1)c1ccc(OC2CCC(O)CC2)c(Br)c1. The van der Waals surface area contributed by atoms with Crippen LogP contribution in [0.4, 0.5) is 0 Å². The lowest BCUT2D eigenvalue weighted by Crippen LogP contribution is -2.27. The molecule has 0 amide bonds. The Balaban J connectivity index is 1.44. The van der Waals surface area contributed by atoms with E-state index < -0.39 is 5.41 Å². The molecule has 2 saturated carbocycles. The summed E-state index contributed by atoms with van der Waals surface area (Å²) in [5.41, 5.74) is 3.10. The van der Waals surface area contributed by atoms with Crippen molar-refractivity contribution in [2.24, 2.45) is 0 Å². The van der Waals surface area contributed by atoms with Gasteiger partial charge >= 0.3 is 0 Å². The van der Waals surface area contributed by atoms with Gasteiger partial charge in [-0.15, -0.1) is 0 Å². The van der Waals surface area contributed by atoms with Gasteiger partial charge in [0.15, 0.2) is 0 Å². The van der Waals surface area contributed by atoms with E-state index in [0.29, 0.717) is 0 Å². The standard InChI is InChI=1S/C32H36Br2O4/c1-32(21-5-3-2-4-6-21,22-7-17-30(28(33)19-22)37-26-13-9-24(35)10-14-26)23-8-18-31(29(34)20-23)38-27-15-11-25(36)12-16-27/h2-8,17-20,24-27,35-36H,9-16H2,1H3. The average molecular weight is 644 g/mol. The van der Waals surface area contributed by atoms with Crippen LogP contribution in [0, 0.1) is 0 Å². The summed E-state index contributed by atoms with van der Waals surface area (Å²) in [5.74, 6) is 1.68. The van der Waals surface area contributed by atoms with Crippen molar-refractivity contribution in [3.63, 3.8) is 0 Å². The smallest absolute Gasteiger partial charge is 0.133 e. The van der Waals surface area contributed by atoms with Gasteiger partial charge in [0.25, 0.3) is 0 Å². The van der Waals surface area contributed by atoms with Crippen molar-refractivity contribution in [2.45, 2.75) is 88.1 Å². The second kappa shape index (κ2) is 12.1. The number of hydrogen-bond acceptors (Lipinski definition) is 4. The predicted molar refractivity (Wildman–Crippen MR) is 158 cm³/mol. The molecule has 0 atom stereocenters. The number of rotatable bonds is 7. The lowest BCUT2D eigenvalue weighted by Gasteiger charge is -2.33. The van der Waals surface area contributed by atoms with Crippen LogP contribution in [0.2, 0.25) is 0 Å². The van der Waals surface area contributed by atoms with E-state index in [1.165, 1.54) is 5.56 Å². The van der Waals surface area contributed by atoms with Gasteiger partial charge in [0.1, 0.15) is 11.5 Å². The molecule has 3 aromatic rings. The van der Waals surface area contributed by atoms with E-state index >= 15 is 0 Å². The van der Waals surface area contributed by atoms with Gasteiger partial charge in [-0.1, -0.05) is 42.5 Å². The Bertz CT molecular complexity index is 1140. The maximum Gasteiger partial charge on any atom is 0.133 e. The van der Waals surface area contributed by atoms with Crippen LogP contribution in [0.15, 0.2) is 75.7 Å². The molecule has 0 unspecified atom stereocenters. The van der Waals surface area contributed by atoms with Crippen molar-refractivity contribution in [1.82, 2.24) is 0 Å². The fourth-order valence-electron chi connectivity index (χ4n) is 5.77. The lowest BCUT2D eigenvalue weighted by atomic mass is 9.71. The summed E-state index contributed by atoms with van der Waals surface area (Å²) in [5, 5.41) is 19.7. The first-order valence-corrected chi connectivity index (χ1v) is 15.3. The van der Waals surface area contributed by atoms with Crippen molar-refractivity contribution < 1.29 is 19.7 Å². The van der Waals surface area contributed by atoms with E-state index in [4.69, 9.17) is 9.47 Å². The van der Waals surface area contributed by atoms with Crippen LogP contribution in [0.1, 0.15) is 75.0 Å². The number of benzene rings is 3. The van der Waals surface area contributed by atoms with E-state index in [-0.39, 0.29) is 24.4 Å². The molecule has 2 fully saturated rings. The quantitative estimate of drug-likeness (QED) is 0.257. The molecular weight excluding hydrogens is 608 g/mol. The predicted octanol–water partition coefficient (Wildman–Crippen LogP) is 7.93.